The van der Waals surface area contributed by atoms with E-state index >= 15 is 0 Å². The summed E-state index contributed by atoms with van der Waals surface area (Å²) in [4.78, 5) is 0. The average Bonchev–Trinajstić information content (AvgIpc) is 3.19. The number of hydrogen-bond acceptors (Lipinski definition) is 1. The van der Waals surface area contributed by atoms with Gasteiger partial charge < -0.3 is 5.32 Å². The molecule has 1 fully saturated rings. The number of aryl methyl sites for hydroxylation is 1. The molecule has 2 aliphatic rings. The van der Waals surface area contributed by atoms with Gasteiger partial charge in [-0.05, 0) is 55.7 Å². The second-order valence-corrected chi connectivity index (χ2v) is 5.85. The minimum atomic E-state index is 0.746. The summed E-state index contributed by atoms with van der Waals surface area (Å²) < 4.78 is 0. The van der Waals surface area contributed by atoms with Crippen molar-refractivity contribution in [3.63, 3.8) is 0 Å². The summed E-state index contributed by atoms with van der Waals surface area (Å²) in [5.41, 5.74) is 3.19. The van der Waals surface area contributed by atoms with Crippen LogP contribution in [0.2, 0.25) is 0 Å². The van der Waals surface area contributed by atoms with Crippen molar-refractivity contribution in [1.82, 2.24) is 5.32 Å². The second-order valence-electron chi connectivity index (χ2n) is 5.85. The van der Waals surface area contributed by atoms with E-state index in [9.17, 15) is 0 Å². The maximum absolute atomic E-state index is 3.57. The van der Waals surface area contributed by atoms with Crippen LogP contribution < -0.4 is 5.32 Å². The van der Waals surface area contributed by atoms with Crippen molar-refractivity contribution in [2.75, 3.05) is 7.05 Å². The first kappa shape index (κ1) is 11.3. The third kappa shape index (κ3) is 2.55. The Bertz CT molecular complexity index is 381. The molecule has 2 atom stereocenters. The number of nitrogens with one attached hydrogen (secondary N) is 1. The van der Waals surface area contributed by atoms with Gasteiger partial charge in [0.1, 0.15) is 0 Å². The molecule has 92 valence electrons. The molecule has 0 saturated heterocycles. The number of benzene rings is 1. The summed E-state index contributed by atoms with van der Waals surface area (Å²) in [6.45, 7) is 0. The van der Waals surface area contributed by atoms with Crippen molar-refractivity contribution in [3.05, 3.63) is 35.4 Å². The van der Waals surface area contributed by atoms with Crippen LogP contribution in [0.5, 0.6) is 0 Å². The Morgan fingerprint density at radius 2 is 1.94 bits per heavy atom. The zero-order valence-electron chi connectivity index (χ0n) is 10.8. The van der Waals surface area contributed by atoms with Crippen molar-refractivity contribution in [3.8, 4) is 0 Å². The van der Waals surface area contributed by atoms with Crippen LogP contribution in [-0.2, 0) is 12.8 Å². The molecule has 0 aromatic heterocycles. The van der Waals surface area contributed by atoms with Crippen molar-refractivity contribution >= 4 is 0 Å². The van der Waals surface area contributed by atoms with Crippen LogP contribution in [0.4, 0.5) is 0 Å². The number of hydrogen-bond donors (Lipinski definition) is 1. The smallest absolute Gasteiger partial charge is 0.00982 e. The van der Waals surface area contributed by atoms with E-state index in [1.807, 2.05) is 0 Å². The molecule has 2 unspecified atom stereocenters. The van der Waals surface area contributed by atoms with Gasteiger partial charge in [0.2, 0.25) is 0 Å². The number of rotatable bonds is 4. The van der Waals surface area contributed by atoms with Crippen LogP contribution in [0.25, 0.3) is 0 Å². The summed E-state index contributed by atoms with van der Waals surface area (Å²) in [6, 6.07) is 9.75. The molecule has 2 aliphatic carbocycles. The summed E-state index contributed by atoms with van der Waals surface area (Å²) in [5.74, 6) is 1.89. The van der Waals surface area contributed by atoms with Crippen LogP contribution >= 0.6 is 0 Å². The van der Waals surface area contributed by atoms with Gasteiger partial charge in [0.25, 0.3) is 0 Å². The molecule has 1 heteroatoms. The molecule has 0 radical (unpaired) electrons. The van der Waals surface area contributed by atoms with Crippen LogP contribution in [0.3, 0.4) is 0 Å². The maximum Gasteiger partial charge on any atom is 0.00982 e. The molecule has 0 spiro atoms. The molecule has 1 aromatic carbocycles. The molecule has 1 saturated carbocycles. The topological polar surface area (TPSA) is 12.0 Å². The third-order valence-electron chi connectivity index (χ3n) is 4.61. The van der Waals surface area contributed by atoms with Crippen LogP contribution in [0, 0.1) is 11.8 Å². The molecule has 1 aromatic rings. The van der Waals surface area contributed by atoms with E-state index in [4.69, 9.17) is 0 Å². The van der Waals surface area contributed by atoms with Gasteiger partial charge in [0.15, 0.2) is 0 Å². The highest BCUT2D eigenvalue weighted by atomic mass is 14.9. The third-order valence-corrected chi connectivity index (χ3v) is 4.61. The Morgan fingerprint density at radius 3 is 2.65 bits per heavy atom. The standard InChI is InChI=1S/C16H23N/c1-17-16(10-12-6-7-12)15-9-8-13-4-2-3-5-14(13)11-15/h2-5,12,15-17H,6-11H2,1H3. The lowest BCUT2D eigenvalue weighted by Gasteiger charge is -2.31. The largest absolute Gasteiger partial charge is 0.317 e. The summed E-state index contributed by atoms with van der Waals surface area (Å²) >= 11 is 0. The van der Waals surface area contributed by atoms with E-state index in [1.54, 1.807) is 11.1 Å². The Kier molecular flexibility index (Phi) is 3.19. The Morgan fingerprint density at radius 1 is 1.18 bits per heavy atom. The zero-order chi connectivity index (χ0) is 11.7. The van der Waals surface area contributed by atoms with Crippen molar-refractivity contribution in [2.45, 2.75) is 44.6 Å². The molecule has 0 amide bonds. The first-order valence-corrected chi connectivity index (χ1v) is 7.11. The lowest BCUT2D eigenvalue weighted by molar-refractivity contribution is 0.309. The normalized spacial score (nSPS) is 25.4. The SMILES string of the molecule is CNC(CC1CC1)C1CCc2ccccc2C1. The van der Waals surface area contributed by atoms with Crippen molar-refractivity contribution < 1.29 is 0 Å². The Labute approximate surface area is 105 Å². The van der Waals surface area contributed by atoms with Crippen molar-refractivity contribution in [2.24, 2.45) is 11.8 Å². The van der Waals surface area contributed by atoms with E-state index in [0.717, 1.165) is 17.9 Å². The van der Waals surface area contributed by atoms with Crippen LogP contribution in [-0.4, -0.2) is 13.1 Å². The van der Waals surface area contributed by atoms with Gasteiger partial charge in [0.05, 0.1) is 0 Å². The monoisotopic (exact) mass is 229 g/mol. The molecular formula is C16H23N. The van der Waals surface area contributed by atoms with E-state index in [1.165, 1.54) is 38.5 Å². The van der Waals surface area contributed by atoms with E-state index in [2.05, 4.69) is 36.6 Å². The predicted molar refractivity (Wildman–Crippen MR) is 72.1 cm³/mol. The van der Waals surface area contributed by atoms with Gasteiger partial charge in [-0.3, -0.25) is 0 Å². The highest BCUT2D eigenvalue weighted by molar-refractivity contribution is 5.30. The fourth-order valence-corrected chi connectivity index (χ4v) is 3.33. The Hall–Kier alpha value is -0.820. The average molecular weight is 229 g/mol. The van der Waals surface area contributed by atoms with Crippen LogP contribution in [0.1, 0.15) is 36.8 Å². The van der Waals surface area contributed by atoms with Gasteiger partial charge in [-0.1, -0.05) is 37.1 Å². The van der Waals surface area contributed by atoms with Crippen LogP contribution in [0.15, 0.2) is 24.3 Å². The minimum Gasteiger partial charge on any atom is -0.317 e. The van der Waals surface area contributed by atoms with E-state index < -0.39 is 0 Å². The molecule has 1 N–H and O–H groups in total. The molecule has 17 heavy (non-hydrogen) atoms. The van der Waals surface area contributed by atoms with Gasteiger partial charge in [0, 0.05) is 6.04 Å². The summed E-state index contributed by atoms with van der Waals surface area (Å²) in [5, 5.41) is 3.57. The lowest BCUT2D eigenvalue weighted by atomic mass is 9.78. The Balaban J connectivity index is 1.69. The highest BCUT2D eigenvalue weighted by Gasteiger charge is 2.30. The van der Waals surface area contributed by atoms with Gasteiger partial charge in [-0.15, -0.1) is 0 Å². The highest BCUT2D eigenvalue weighted by Crippen LogP contribution is 2.37. The molecule has 0 heterocycles. The second kappa shape index (κ2) is 4.81. The lowest BCUT2D eigenvalue weighted by Crippen LogP contribution is -2.37. The summed E-state index contributed by atoms with van der Waals surface area (Å²) in [6.07, 6.45) is 8.29. The van der Waals surface area contributed by atoms with Gasteiger partial charge in [-0.25, -0.2) is 0 Å². The predicted octanol–water partition coefficient (Wildman–Crippen LogP) is 3.18. The molecule has 0 bridgehead atoms. The van der Waals surface area contributed by atoms with E-state index in [-0.39, 0.29) is 0 Å². The molecule has 1 nitrogen and oxygen atoms in total. The van der Waals surface area contributed by atoms with Gasteiger partial charge >= 0.3 is 0 Å². The molecule has 3 rings (SSSR count). The molecule has 0 aliphatic heterocycles. The quantitative estimate of drug-likeness (QED) is 0.836. The zero-order valence-corrected chi connectivity index (χ0v) is 10.8. The van der Waals surface area contributed by atoms with Gasteiger partial charge in [-0.2, -0.15) is 0 Å². The van der Waals surface area contributed by atoms with E-state index in [0.29, 0.717) is 0 Å². The fourth-order valence-electron chi connectivity index (χ4n) is 3.33. The first-order valence-electron chi connectivity index (χ1n) is 7.11. The maximum atomic E-state index is 3.57. The molecular weight excluding hydrogens is 206 g/mol. The fraction of sp³-hybridized carbons (Fsp3) is 0.625. The number of fused-ring (bicyclic) bond motifs is 1. The minimum absolute atomic E-state index is 0.746. The van der Waals surface area contributed by atoms with Crippen molar-refractivity contribution in [1.29, 1.82) is 0 Å². The summed E-state index contributed by atoms with van der Waals surface area (Å²) in [7, 11) is 2.15. The first-order chi connectivity index (χ1) is 8.36.